The lowest BCUT2D eigenvalue weighted by Gasteiger charge is -2.17. The van der Waals surface area contributed by atoms with Gasteiger partial charge in [0.1, 0.15) is 17.1 Å². The van der Waals surface area contributed by atoms with Crippen LogP contribution >= 0.6 is 0 Å². The van der Waals surface area contributed by atoms with Gasteiger partial charge in [0.15, 0.2) is 0 Å². The van der Waals surface area contributed by atoms with Gasteiger partial charge in [-0.3, -0.25) is 0 Å². The van der Waals surface area contributed by atoms with E-state index in [1.807, 2.05) is 18.2 Å². The minimum Gasteiger partial charge on any atom is -0.493 e. The number of rotatable bonds is 3. The maximum absolute atomic E-state index is 12.8. The van der Waals surface area contributed by atoms with Gasteiger partial charge in [-0.05, 0) is 42.2 Å². The van der Waals surface area contributed by atoms with Crippen LogP contribution in [0.5, 0.6) is 5.75 Å². The Labute approximate surface area is 146 Å². The molecule has 4 rings (SSSR count). The van der Waals surface area contributed by atoms with Crippen LogP contribution < -0.4 is 4.74 Å². The van der Waals surface area contributed by atoms with Crippen molar-refractivity contribution >= 4 is 0 Å². The van der Waals surface area contributed by atoms with Crippen LogP contribution in [0.25, 0.3) is 11.5 Å². The number of fused-ring (bicyclic) bond motifs is 1. The summed E-state index contributed by atoms with van der Waals surface area (Å²) in [6, 6.07) is 9.44. The van der Waals surface area contributed by atoms with E-state index in [0.717, 1.165) is 42.4 Å². The topological polar surface area (TPSA) is 61.0 Å². The predicted octanol–water partition coefficient (Wildman–Crippen LogP) is 4.07. The van der Waals surface area contributed by atoms with Crippen LogP contribution in [0.3, 0.4) is 0 Å². The molecule has 1 aliphatic rings. The number of aryl methyl sites for hydroxylation is 1. The number of benzene rings is 1. The van der Waals surface area contributed by atoms with Crippen LogP contribution in [0, 0.1) is 0 Å². The monoisotopic (exact) mass is 361 g/mol. The summed E-state index contributed by atoms with van der Waals surface area (Å²) in [5.41, 5.74) is 1.14. The first-order chi connectivity index (χ1) is 12.5. The molecule has 0 saturated carbocycles. The van der Waals surface area contributed by atoms with Gasteiger partial charge in [0.05, 0.1) is 13.0 Å². The van der Waals surface area contributed by atoms with Gasteiger partial charge in [-0.15, -0.1) is 0 Å². The molecule has 1 aliphatic heterocycles. The Bertz CT molecular complexity index is 937. The molecule has 0 amide bonds. The molecule has 5 nitrogen and oxygen atoms in total. The van der Waals surface area contributed by atoms with Crippen molar-refractivity contribution in [3.05, 3.63) is 59.1 Å². The number of alkyl halides is 3. The molecule has 0 unspecified atom stereocenters. The summed E-state index contributed by atoms with van der Waals surface area (Å²) in [6.45, 7) is 0.726. The van der Waals surface area contributed by atoms with Crippen molar-refractivity contribution in [2.75, 3.05) is 6.61 Å². The molecule has 0 spiro atoms. The number of aromatic nitrogens is 3. The van der Waals surface area contributed by atoms with Gasteiger partial charge in [0.2, 0.25) is 11.7 Å². The zero-order chi connectivity index (χ0) is 18.1. The minimum atomic E-state index is -4.52. The Morgan fingerprint density at radius 2 is 1.96 bits per heavy atom. The maximum atomic E-state index is 12.8. The van der Waals surface area contributed by atoms with E-state index in [1.165, 1.54) is 12.1 Å². The molecule has 0 radical (unpaired) electrons. The van der Waals surface area contributed by atoms with E-state index < -0.39 is 11.9 Å². The lowest BCUT2D eigenvalue weighted by Crippen LogP contribution is -2.08. The van der Waals surface area contributed by atoms with Gasteiger partial charge in [-0.2, -0.15) is 18.2 Å². The molecule has 2 aromatic heterocycles. The Hall–Kier alpha value is -2.90. The Kier molecular flexibility index (Phi) is 4.10. The molecular weight excluding hydrogens is 347 g/mol. The summed E-state index contributed by atoms with van der Waals surface area (Å²) < 4.78 is 49.1. The fourth-order valence-corrected chi connectivity index (χ4v) is 2.85. The zero-order valence-corrected chi connectivity index (χ0v) is 13.6. The summed E-state index contributed by atoms with van der Waals surface area (Å²) in [5.74, 6) is 1.24. The standard InChI is InChI=1S/C18H14F3N3O2/c19-18(20,21)15-5-1-4-13(22-15)17-23-16(26-24-17)10-11-6-7-14-12(9-11)3-2-8-25-14/h1,4-7,9H,2-3,8,10H2. The van der Waals surface area contributed by atoms with Crippen LogP contribution in [0.15, 0.2) is 40.9 Å². The van der Waals surface area contributed by atoms with Gasteiger partial charge >= 0.3 is 6.18 Å². The second-order valence-corrected chi connectivity index (χ2v) is 5.99. The summed E-state index contributed by atoms with van der Waals surface area (Å²) >= 11 is 0. The van der Waals surface area contributed by atoms with Gasteiger partial charge in [0, 0.05) is 0 Å². The van der Waals surface area contributed by atoms with E-state index in [1.54, 1.807) is 0 Å². The first-order valence-electron chi connectivity index (χ1n) is 8.11. The highest BCUT2D eigenvalue weighted by Crippen LogP contribution is 2.29. The number of halogens is 3. The second kappa shape index (κ2) is 6.44. The van der Waals surface area contributed by atoms with Gasteiger partial charge in [0.25, 0.3) is 0 Å². The summed E-state index contributed by atoms with van der Waals surface area (Å²) in [7, 11) is 0. The lowest BCUT2D eigenvalue weighted by atomic mass is 10.0. The molecule has 1 aromatic carbocycles. The zero-order valence-electron chi connectivity index (χ0n) is 13.6. The van der Waals surface area contributed by atoms with Crippen LogP contribution in [-0.2, 0) is 19.0 Å². The highest BCUT2D eigenvalue weighted by Gasteiger charge is 2.32. The van der Waals surface area contributed by atoms with Gasteiger partial charge < -0.3 is 9.26 Å². The van der Waals surface area contributed by atoms with Crippen LogP contribution in [0.4, 0.5) is 13.2 Å². The predicted molar refractivity (Wildman–Crippen MR) is 85.6 cm³/mol. The van der Waals surface area contributed by atoms with E-state index in [2.05, 4.69) is 15.1 Å². The van der Waals surface area contributed by atoms with E-state index in [0.29, 0.717) is 12.3 Å². The normalized spacial score (nSPS) is 14.0. The Balaban J connectivity index is 1.55. The molecule has 26 heavy (non-hydrogen) atoms. The van der Waals surface area contributed by atoms with E-state index >= 15 is 0 Å². The van der Waals surface area contributed by atoms with Crippen molar-refractivity contribution in [1.82, 2.24) is 15.1 Å². The van der Waals surface area contributed by atoms with Crippen LogP contribution in [0.1, 0.15) is 29.1 Å². The van der Waals surface area contributed by atoms with Gasteiger partial charge in [-0.1, -0.05) is 23.4 Å². The number of pyridine rings is 1. The first-order valence-corrected chi connectivity index (χ1v) is 8.11. The number of hydrogen-bond donors (Lipinski definition) is 0. The smallest absolute Gasteiger partial charge is 0.433 e. The van der Waals surface area contributed by atoms with Crippen molar-refractivity contribution < 1.29 is 22.4 Å². The number of ether oxygens (including phenoxy) is 1. The molecule has 0 aliphatic carbocycles. The largest absolute Gasteiger partial charge is 0.493 e. The number of nitrogens with zero attached hydrogens (tertiary/aromatic N) is 3. The molecule has 3 aromatic rings. The SMILES string of the molecule is FC(F)(F)c1cccc(-c2noc(Cc3ccc4c(c3)CCCO4)n2)n1. The molecule has 0 atom stereocenters. The lowest BCUT2D eigenvalue weighted by molar-refractivity contribution is -0.141. The van der Waals surface area contributed by atoms with E-state index in [9.17, 15) is 13.2 Å². The first kappa shape index (κ1) is 16.6. The fraction of sp³-hybridized carbons (Fsp3) is 0.278. The highest BCUT2D eigenvalue weighted by molar-refractivity contribution is 5.48. The molecule has 0 bridgehead atoms. The van der Waals surface area contributed by atoms with Crippen molar-refractivity contribution in [3.8, 4) is 17.3 Å². The second-order valence-electron chi connectivity index (χ2n) is 5.99. The van der Waals surface area contributed by atoms with Crippen LogP contribution in [-0.4, -0.2) is 21.7 Å². The third kappa shape index (κ3) is 3.40. The molecule has 134 valence electrons. The maximum Gasteiger partial charge on any atom is 0.433 e. The van der Waals surface area contributed by atoms with Crippen molar-refractivity contribution in [3.63, 3.8) is 0 Å². The van der Waals surface area contributed by atoms with Gasteiger partial charge in [-0.25, -0.2) is 4.98 Å². The number of hydrogen-bond acceptors (Lipinski definition) is 5. The van der Waals surface area contributed by atoms with Crippen LogP contribution in [0.2, 0.25) is 0 Å². The minimum absolute atomic E-state index is 0.0219. The van der Waals surface area contributed by atoms with Crippen molar-refractivity contribution in [2.45, 2.75) is 25.4 Å². The van der Waals surface area contributed by atoms with Crippen molar-refractivity contribution in [1.29, 1.82) is 0 Å². The molecule has 3 heterocycles. The summed E-state index contributed by atoms with van der Waals surface area (Å²) in [6.07, 6.45) is -2.21. The van der Waals surface area contributed by atoms with Crippen molar-refractivity contribution in [2.24, 2.45) is 0 Å². The molecule has 0 saturated heterocycles. The molecule has 0 N–H and O–H groups in total. The third-order valence-corrected chi connectivity index (χ3v) is 4.06. The molecular formula is C18H14F3N3O2. The quantitative estimate of drug-likeness (QED) is 0.704. The Morgan fingerprint density at radius 3 is 2.81 bits per heavy atom. The van der Waals surface area contributed by atoms with E-state index in [4.69, 9.17) is 9.26 Å². The molecule has 8 heteroatoms. The summed E-state index contributed by atoms with van der Waals surface area (Å²) in [5, 5.41) is 3.75. The average Bonchev–Trinajstić information content (AvgIpc) is 3.09. The third-order valence-electron chi connectivity index (χ3n) is 4.06. The highest BCUT2D eigenvalue weighted by atomic mass is 19.4. The fourth-order valence-electron chi connectivity index (χ4n) is 2.85. The molecule has 0 fully saturated rings. The summed E-state index contributed by atoms with van der Waals surface area (Å²) in [4.78, 5) is 7.74. The Morgan fingerprint density at radius 1 is 1.08 bits per heavy atom. The van der Waals surface area contributed by atoms with E-state index in [-0.39, 0.29) is 11.5 Å². The average molecular weight is 361 g/mol.